The van der Waals surface area contributed by atoms with Gasteiger partial charge in [-0.2, -0.15) is 0 Å². The Hall–Kier alpha value is -3.86. The third kappa shape index (κ3) is 3.36. The van der Waals surface area contributed by atoms with Crippen LogP contribution in [0.3, 0.4) is 0 Å². The van der Waals surface area contributed by atoms with Crippen molar-refractivity contribution in [2.45, 2.75) is 33.7 Å². The number of carbonyl (C=O) groups excluding carboxylic acids is 1. The smallest absolute Gasteiger partial charge is 0.255 e. The molecule has 2 N–H and O–H groups in total. The van der Waals surface area contributed by atoms with E-state index in [0.717, 1.165) is 39.5 Å². The minimum atomic E-state index is -0.287. The number of allylic oxidation sites excluding steroid dienone is 1. The van der Waals surface area contributed by atoms with Crippen LogP contribution >= 0.6 is 0 Å². The maximum Gasteiger partial charge on any atom is 0.255 e. The number of nitrogens with one attached hydrogen (secondary N) is 2. The zero-order valence-corrected chi connectivity index (χ0v) is 18.7. The molecule has 32 heavy (non-hydrogen) atoms. The molecule has 1 aliphatic rings. The van der Waals surface area contributed by atoms with E-state index < -0.39 is 0 Å². The number of nitrogens with zero attached hydrogens (tertiary/aromatic N) is 2. The molecule has 1 unspecified atom stereocenters. The first-order valence-corrected chi connectivity index (χ1v) is 10.8. The van der Waals surface area contributed by atoms with Gasteiger partial charge in [-0.3, -0.25) is 9.36 Å². The number of hydrogen-bond acceptors (Lipinski definition) is 3. The maximum absolute atomic E-state index is 13.7. The highest BCUT2D eigenvalue weighted by Gasteiger charge is 2.34. The second-order valence-electron chi connectivity index (χ2n) is 8.54. The van der Waals surface area contributed by atoms with Crippen molar-refractivity contribution >= 4 is 28.6 Å². The number of carbonyl (C=O) groups is 1. The van der Waals surface area contributed by atoms with Crippen molar-refractivity contribution in [1.82, 2.24) is 9.55 Å². The molecule has 1 atom stereocenters. The Morgan fingerprint density at radius 3 is 2.41 bits per heavy atom. The zero-order chi connectivity index (χ0) is 22.4. The molecule has 160 valence electrons. The van der Waals surface area contributed by atoms with Crippen molar-refractivity contribution in [3.8, 4) is 0 Å². The maximum atomic E-state index is 13.7. The number of hydrogen-bond donors (Lipinski definition) is 2. The molecule has 0 aliphatic carbocycles. The quantitative estimate of drug-likeness (QED) is 0.433. The summed E-state index contributed by atoms with van der Waals surface area (Å²) in [6.07, 6.45) is 0. The van der Waals surface area contributed by atoms with Gasteiger partial charge in [0.1, 0.15) is 0 Å². The van der Waals surface area contributed by atoms with Crippen LogP contribution in [0.5, 0.6) is 0 Å². The summed E-state index contributed by atoms with van der Waals surface area (Å²) in [5.74, 6) is 0.633. The fourth-order valence-electron chi connectivity index (χ4n) is 4.47. The molecule has 0 radical (unpaired) electrons. The van der Waals surface area contributed by atoms with Crippen LogP contribution in [0.25, 0.3) is 11.0 Å². The highest BCUT2D eigenvalue weighted by molar-refractivity contribution is 6.06. The number of benzene rings is 3. The average Bonchev–Trinajstić information content (AvgIpc) is 3.13. The third-order valence-corrected chi connectivity index (χ3v) is 6.10. The number of imidazole rings is 1. The van der Waals surface area contributed by atoms with Gasteiger partial charge in [0.05, 0.1) is 22.6 Å². The molecule has 0 saturated heterocycles. The average molecular weight is 423 g/mol. The van der Waals surface area contributed by atoms with Gasteiger partial charge in [-0.15, -0.1) is 0 Å². The van der Waals surface area contributed by atoms with Gasteiger partial charge in [0.2, 0.25) is 5.95 Å². The van der Waals surface area contributed by atoms with Crippen LogP contribution in [0.4, 0.5) is 11.6 Å². The Kier molecular flexibility index (Phi) is 4.82. The lowest BCUT2D eigenvalue weighted by molar-refractivity contribution is -0.113. The number of anilines is 2. The van der Waals surface area contributed by atoms with Crippen molar-refractivity contribution in [2.75, 3.05) is 10.6 Å². The van der Waals surface area contributed by atoms with Crippen LogP contribution in [-0.4, -0.2) is 15.5 Å². The highest BCUT2D eigenvalue weighted by Crippen LogP contribution is 2.39. The molecule has 2 heterocycles. The van der Waals surface area contributed by atoms with Gasteiger partial charge < -0.3 is 10.6 Å². The Labute approximate surface area is 187 Å². The first kappa shape index (κ1) is 20.1. The van der Waals surface area contributed by atoms with Gasteiger partial charge in [-0.25, -0.2) is 4.98 Å². The van der Waals surface area contributed by atoms with Gasteiger partial charge in [-0.05, 0) is 57.0 Å². The lowest BCUT2D eigenvalue weighted by Gasteiger charge is -2.31. The molecule has 5 rings (SSSR count). The number of aryl methyl sites for hydroxylation is 3. The number of aromatic nitrogens is 2. The standard InChI is InChI=1S/C27H26N4O/c1-16-9-12-20(13-10-16)25-24(26(32)29-21-14-11-17(2)15-18(21)3)19(4)28-27-30-22-7-5-6-8-23(22)31(25)27/h5-15,25H,1-4H3,(H,28,30)(H,29,32). The van der Waals surface area contributed by atoms with E-state index in [9.17, 15) is 4.79 Å². The summed E-state index contributed by atoms with van der Waals surface area (Å²) in [5, 5.41) is 6.52. The minimum absolute atomic E-state index is 0.115. The first-order chi connectivity index (χ1) is 15.4. The van der Waals surface area contributed by atoms with Gasteiger partial charge in [0.15, 0.2) is 0 Å². The van der Waals surface area contributed by atoms with Gasteiger partial charge >= 0.3 is 0 Å². The van der Waals surface area contributed by atoms with Crippen LogP contribution in [0, 0.1) is 20.8 Å². The molecule has 1 amide bonds. The fourth-order valence-corrected chi connectivity index (χ4v) is 4.47. The number of rotatable bonds is 3. The van der Waals surface area contributed by atoms with Crippen molar-refractivity contribution in [3.05, 3.63) is 100 Å². The van der Waals surface area contributed by atoms with E-state index >= 15 is 0 Å². The number of amides is 1. The Balaban J connectivity index is 1.65. The fraction of sp³-hybridized carbons (Fsp3) is 0.185. The zero-order valence-electron chi connectivity index (χ0n) is 18.7. The molecule has 4 aromatic rings. The SMILES string of the molecule is CC1=C(C(=O)Nc2ccc(C)cc2C)C(c2ccc(C)cc2)n2c(nc3ccccc32)N1. The minimum Gasteiger partial charge on any atom is -0.329 e. The van der Waals surface area contributed by atoms with E-state index in [1.807, 2.05) is 44.2 Å². The molecule has 1 aliphatic heterocycles. The summed E-state index contributed by atoms with van der Waals surface area (Å²) < 4.78 is 2.13. The number of para-hydroxylation sites is 2. The van der Waals surface area contributed by atoms with E-state index in [1.165, 1.54) is 11.1 Å². The van der Waals surface area contributed by atoms with E-state index in [1.54, 1.807) is 0 Å². The molecule has 5 heteroatoms. The Morgan fingerprint density at radius 2 is 1.66 bits per heavy atom. The molecule has 3 aromatic carbocycles. The van der Waals surface area contributed by atoms with E-state index in [4.69, 9.17) is 4.98 Å². The Morgan fingerprint density at radius 1 is 0.938 bits per heavy atom. The molecule has 0 bridgehead atoms. The first-order valence-electron chi connectivity index (χ1n) is 10.8. The summed E-state index contributed by atoms with van der Waals surface area (Å²) in [7, 11) is 0. The van der Waals surface area contributed by atoms with Gasteiger partial charge in [-0.1, -0.05) is 59.7 Å². The van der Waals surface area contributed by atoms with Crippen molar-refractivity contribution in [3.63, 3.8) is 0 Å². The summed E-state index contributed by atoms with van der Waals surface area (Å²) in [4.78, 5) is 18.5. The second kappa shape index (κ2) is 7.68. The van der Waals surface area contributed by atoms with E-state index in [-0.39, 0.29) is 11.9 Å². The van der Waals surface area contributed by atoms with Crippen LogP contribution in [-0.2, 0) is 4.79 Å². The summed E-state index contributed by atoms with van der Waals surface area (Å²) in [5.41, 5.74) is 8.64. The number of fused-ring (bicyclic) bond motifs is 3. The predicted octanol–water partition coefficient (Wildman–Crippen LogP) is 5.89. The van der Waals surface area contributed by atoms with Gasteiger partial charge in [0, 0.05) is 11.4 Å². The molecular weight excluding hydrogens is 396 g/mol. The van der Waals surface area contributed by atoms with Crippen molar-refractivity contribution < 1.29 is 4.79 Å². The van der Waals surface area contributed by atoms with Crippen molar-refractivity contribution in [1.29, 1.82) is 0 Å². The van der Waals surface area contributed by atoms with Gasteiger partial charge in [0.25, 0.3) is 5.91 Å². The second-order valence-corrected chi connectivity index (χ2v) is 8.54. The van der Waals surface area contributed by atoms with E-state index in [2.05, 4.69) is 65.4 Å². The van der Waals surface area contributed by atoms with Crippen LogP contribution in [0.15, 0.2) is 78.0 Å². The molecule has 5 nitrogen and oxygen atoms in total. The van der Waals surface area contributed by atoms with Crippen LogP contribution in [0.2, 0.25) is 0 Å². The monoisotopic (exact) mass is 422 g/mol. The third-order valence-electron chi connectivity index (χ3n) is 6.10. The van der Waals surface area contributed by atoms with E-state index in [0.29, 0.717) is 5.57 Å². The molecule has 0 spiro atoms. The predicted molar refractivity (Wildman–Crippen MR) is 130 cm³/mol. The molecule has 0 fully saturated rings. The normalized spacial score (nSPS) is 15.4. The lowest BCUT2D eigenvalue weighted by Crippen LogP contribution is -2.31. The highest BCUT2D eigenvalue weighted by atomic mass is 16.1. The molecular formula is C27H26N4O. The summed E-state index contributed by atoms with van der Waals surface area (Å²) in [6.45, 7) is 8.08. The lowest BCUT2D eigenvalue weighted by atomic mass is 9.93. The topological polar surface area (TPSA) is 59.0 Å². The molecule has 1 aromatic heterocycles. The largest absolute Gasteiger partial charge is 0.329 e. The summed E-state index contributed by atoms with van der Waals surface area (Å²) >= 11 is 0. The Bertz CT molecular complexity index is 1380. The van der Waals surface area contributed by atoms with Crippen LogP contribution in [0.1, 0.15) is 35.2 Å². The van der Waals surface area contributed by atoms with Crippen LogP contribution < -0.4 is 10.6 Å². The summed E-state index contributed by atoms with van der Waals surface area (Å²) in [6, 6.07) is 22.2. The van der Waals surface area contributed by atoms with Crippen molar-refractivity contribution in [2.24, 2.45) is 0 Å². The molecule has 0 saturated carbocycles.